The van der Waals surface area contributed by atoms with Crippen molar-refractivity contribution in [2.75, 3.05) is 21.0 Å². The first kappa shape index (κ1) is 24.4. The van der Waals surface area contributed by atoms with E-state index in [1.165, 1.54) is 6.92 Å². The average Bonchev–Trinajstić information content (AvgIpc) is 3.36. The van der Waals surface area contributed by atoms with Gasteiger partial charge < -0.3 is 29.0 Å². The quantitative estimate of drug-likeness (QED) is 0.472. The highest BCUT2D eigenvalue weighted by Gasteiger charge is 2.53. The highest BCUT2D eigenvalue weighted by Crippen LogP contribution is 2.59. The average molecular weight is 518 g/mol. The van der Waals surface area contributed by atoms with Crippen molar-refractivity contribution in [1.29, 1.82) is 5.26 Å². The topological polar surface area (TPSA) is 104 Å². The summed E-state index contributed by atoms with van der Waals surface area (Å²) >= 11 is 0. The second-order valence-corrected chi connectivity index (χ2v) is 10.4. The number of hydrogen-bond acceptors (Lipinski definition) is 9. The van der Waals surface area contributed by atoms with Crippen LogP contribution in [0.4, 0.5) is 0 Å². The van der Waals surface area contributed by atoms with Crippen LogP contribution in [0.15, 0.2) is 11.8 Å². The van der Waals surface area contributed by atoms with E-state index in [9.17, 15) is 15.2 Å². The molecule has 2 aromatic rings. The monoisotopic (exact) mass is 517 g/mol. The van der Waals surface area contributed by atoms with E-state index in [4.69, 9.17) is 18.9 Å². The van der Waals surface area contributed by atoms with Crippen molar-refractivity contribution in [2.45, 2.75) is 64.7 Å². The largest absolute Gasteiger partial charge is 0.504 e. The lowest BCUT2D eigenvalue weighted by Gasteiger charge is -2.57. The van der Waals surface area contributed by atoms with Gasteiger partial charge in [-0.15, -0.1) is 0 Å². The van der Waals surface area contributed by atoms with Gasteiger partial charge in [-0.2, -0.15) is 5.26 Å². The summed E-state index contributed by atoms with van der Waals surface area (Å²) in [6.45, 7) is 7.31. The molecule has 0 radical (unpaired) electrons. The molecule has 9 nitrogen and oxygen atoms in total. The van der Waals surface area contributed by atoms with Gasteiger partial charge in [0.15, 0.2) is 23.0 Å². The Morgan fingerprint density at radius 1 is 1.24 bits per heavy atom. The minimum atomic E-state index is -0.449. The number of rotatable bonds is 3. The number of nitrogens with zero attached hydrogens (tertiary/aromatic N) is 3. The number of carbonyl (C=O) groups is 1. The number of aryl methyl sites for hydroxylation is 1. The molecular formula is C29H31N3O6. The van der Waals surface area contributed by atoms with Crippen molar-refractivity contribution in [3.63, 3.8) is 0 Å². The van der Waals surface area contributed by atoms with Crippen LogP contribution in [0.2, 0.25) is 0 Å². The zero-order chi connectivity index (χ0) is 27.0. The Labute approximate surface area is 221 Å². The summed E-state index contributed by atoms with van der Waals surface area (Å²) in [6.07, 6.45) is 3.30. The van der Waals surface area contributed by atoms with Crippen LogP contribution < -0.4 is 18.9 Å². The third kappa shape index (κ3) is 3.10. The molecule has 1 saturated heterocycles. The predicted octanol–water partition coefficient (Wildman–Crippen LogP) is 4.28. The van der Waals surface area contributed by atoms with E-state index in [0.717, 1.165) is 33.5 Å². The van der Waals surface area contributed by atoms with Crippen molar-refractivity contribution in [1.82, 2.24) is 9.80 Å². The van der Waals surface area contributed by atoms with Crippen LogP contribution in [0.5, 0.6) is 28.7 Å². The van der Waals surface area contributed by atoms with E-state index in [1.54, 1.807) is 7.11 Å². The lowest BCUT2D eigenvalue weighted by molar-refractivity contribution is -0.131. The van der Waals surface area contributed by atoms with Crippen LogP contribution in [0.1, 0.15) is 65.7 Å². The van der Waals surface area contributed by atoms with Gasteiger partial charge in [-0.3, -0.25) is 9.69 Å². The summed E-state index contributed by atoms with van der Waals surface area (Å²) in [4.78, 5) is 16.6. The molecule has 4 heterocycles. The number of methoxy groups -OCH3 is 1. The van der Waals surface area contributed by atoms with Crippen LogP contribution in [0.3, 0.4) is 0 Å². The van der Waals surface area contributed by atoms with E-state index in [1.807, 2.05) is 27.0 Å². The van der Waals surface area contributed by atoms with Gasteiger partial charge in [0.25, 0.3) is 0 Å². The van der Waals surface area contributed by atoms with E-state index in [0.29, 0.717) is 41.4 Å². The molecule has 6 rings (SSSR count). The number of phenols is 1. The molecule has 1 fully saturated rings. The van der Waals surface area contributed by atoms with Crippen LogP contribution >= 0.6 is 0 Å². The molecule has 38 heavy (non-hydrogen) atoms. The second-order valence-electron chi connectivity index (χ2n) is 10.4. The summed E-state index contributed by atoms with van der Waals surface area (Å²) in [7, 11) is 3.56. The van der Waals surface area contributed by atoms with Gasteiger partial charge in [0, 0.05) is 40.9 Å². The number of aromatic hydroxyl groups is 1. The predicted molar refractivity (Wildman–Crippen MR) is 138 cm³/mol. The molecule has 0 spiro atoms. The van der Waals surface area contributed by atoms with Gasteiger partial charge in [-0.25, -0.2) is 0 Å². The fourth-order valence-corrected chi connectivity index (χ4v) is 6.96. The van der Waals surface area contributed by atoms with Crippen molar-refractivity contribution in [3.8, 4) is 34.8 Å². The Morgan fingerprint density at radius 3 is 2.63 bits per heavy atom. The molecule has 4 aliphatic heterocycles. The summed E-state index contributed by atoms with van der Waals surface area (Å²) in [6, 6.07) is 3.55. The van der Waals surface area contributed by atoms with E-state index >= 15 is 0 Å². The highest BCUT2D eigenvalue weighted by molar-refractivity contribution is 5.81. The molecule has 1 N–H and O–H groups in total. The summed E-state index contributed by atoms with van der Waals surface area (Å²) in [5.74, 6) is 1.78. The Balaban J connectivity index is 1.68. The minimum absolute atomic E-state index is 0.0786. The molecule has 0 unspecified atom stereocenters. The number of likely N-dealkylation sites (N-methyl/N-ethyl adjacent to an activating group) is 1. The van der Waals surface area contributed by atoms with Crippen LogP contribution in [-0.2, 0) is 11.2 Å². The number of nitriles is 1. The molecular weight excluding hydrogens is 486 g/mol. The smallest absolute Gasteiger partial charge is 0.308 e. The molecule has 0 aliphatic carbocycles. The number of phenolic OH excluding ortho intramolecular Hbond substituents is 1. The molecule has 0 saturated carbocycles. The molecule has 0 amide bonds. The normalized spacial score (nSPS) is 24.6. The first-order valence-electron chi connectivity index (χ1n) is 12.9. The Morgan fingerprint density at radius 2 is 1.97 bits per heavy atom. The maximum atomic E-state index is 12.2. The first-order valence-corrected chi connectivity index (χ1v) is 12.9. The third-order valence-corrected chi connectivity index (χ3v) is 8.44. The SMILES string of the molecule is CC[C@H]1c2c(c(OC(C)=O)c(C)c3c2OCO3)C=C2[C@H]3c4c(cc(C)c(OC)c4O)C[C@@H]([C@H](C#N)N21)N3C. The van der Waals surface area contributed by atoms with Gasteiger partial charge in [0.1, 0.15) is 11.8 Å². The van der Waals surface area contributed by atoms with Crippen LogP contribution in [0.25, 0.3) is 6.08 Å². The molecule has 2 aromatic carbocycles. The second kappa shape index (κ2) is 8.57. The molecule has 2 bridgehead atoms. The first-order chi connectivity index (χ1) is 18.2. The van der Waals surface area contributed by atoms with Crippen molar-refractivity contribution in [3.05, 3.63) is 45.1 Å². The number of benzene rings is 2. The highest BCUT2D eigenvalue weighted by atomic mass is 16.7. The van der Waals surface area contributed by atoms with E-state index in [-0.39, 0.29) is 30.7 Å². The van der Waals surface area contributed by atoms with Gasteiger partial charge in [0.2, 0.25) is 6.79 Å². The van der Waals surface area contributed by atoms with Gasteiger partial charge in [0.05, 0.1) is 25.3 Å². The lowest BCUT2D eigenvalue weighted by Crippen LogP contribution is -2.61. The molecule has 198 valence electrons. The zero-order valence-electron chi connectivity index (χ0n) is 22.4. The maximum absolute atomic E-state index is 12.2. The lowest BCUT2D eigenvalue weighted by atomic mass is 9.75. The van der Waals surface area contributed by atoms with Crippen molar-refractivity contribution < 1.29 is 28.8 Å². The maximum Gasteiger partial charge on any atom is 0.308 e. The van der Waals surface area contributed by atoms with E-state index in [2.05, 4.69) is 28.9 Å². The fourth-order valence-electron chi connectivity index (χ4n) is 6.96. The minimum Gasteiger partial charge on any atom is -0.504 e. The van der Waals surface area contributed by atoms with Gasteiger partial charge in [-0.05, 0) is 50.9 Å². The van der Waals surface area contributed by atoms with Crippen LogP contribution in [-0.4, -0.2) is 53.9 Å². The molecule has 0 aromatic heterocycles. The fraction of sp³-hybridized carbons (Fsp3) is 0.448. The zero-order valence-corrected chi connectivity index (χ0v) is 22.4. The van der Waals surface area contributed by atoms with Gasteiger partial charge in [-0.1, -0.05) is 13.0 Å². The standard InChI is InChI=1S/C29H31N3O6/c1-7-18-23-17(27(38-15(4)33)14(3)28-29(23)37-12-36-28)10-20-24-22-16(8-13(2)26(35-6)25(22)34)9-19(31(24)5)21(11-30)32(18)20/h8,10,18-19,21,24,34H,7,9,12H2,1-6H3/t18-,19-,21-,24-/m0/s1. The van der Waals surface area contributed by atoms with E-state index < -0.39 is 12.0 Å². The molecule has 9 heteroatoms. The summed E-state index contributed by atoms with van der Waals surface area (Å²) in [5.41, 5.74) is 5.80. The summed E-state index contributed by atoms with van der Waals surface area (Å²) < 4.78 is 23.2. The Kier molecular flexibility index (Phi) is 5.51. The number of ether oxygens (including phenoxy) is 4. The van der Waals surface area contributed by atoms with Crippen molar-refractivity contribution in [2.24, 2.45) is 0 Å². The third-order valence-electron chi connectivity index (χ3n) is 8.44. The van der Waals surface area contributed by atoms with Gasteiger partial charge >= 0.3 is 5.97 Å². The number of piperazine rings is 1. The molecule has 4 atom stereocenters. The Hall–Kier alpha value is -3.90. The Bertz CT molecular complexity index is 1460. The van der Waals surface area contributed by atoms with Crippen LogP contribution in [0, 0.1) is 25.2 Å². The number of fused-ring (bicyclic) bond motifs is 9. The molecule has 4 aliphatic rings. The number of carbonyl (C=O) groups excluding carboxylic acids is 1. The summed E-state index contributed by atoms with van der Waals surface area (Å²) in [5, 5.41) is 22.0. The number of esters is 1. The van der Waals surface area contributed by atoms with Crippen molar-refractivity contribution >= 4 is 12.0 Å². The number of hydrogen-bond donors (Lipinski definition) is 1.